The van der Waals surface area contributed by atoms with E-state index in [2.05, 4.69) is 9.71 Å². The van der Waals surface area contributed by atoms with Crippen molar-refractivity contribution < 1.29 is 17.9 Å². The van der Waals surface area contributed by atoms with E-state index in [1.165, 1.54) is 13.2 Å². The predicted octanol–water partition coefficient (Wildman–Crippen LogP) is 3.83. The summed E-state index contributed by atoms with van der Waals surface area (Å²) < 4.78 is 36.2. The Hall–Kier alpha value is -2.46. The molecule has 7 nitrogen and oxygen atoms in total. The van der Waals surface area contributed by atoms with E-state index in [1.807, 2.05) is 37.3 Å². The lowest BCUT2D eigenvalue weighted by molar-refractivity contribution is -0.144. The number of carbonyl (C=O) groups excluding carboxylic acids is 1. The number of ether oxygens (including phenoxy) is 1. The van der Waals surface area contributed by atoms with E-state index in [-0.39, 0.29) is 16.0 Å². The molecule has 1 N–H and O–H groups in total. The minimum Gasteiger partial charge on any atom is -0.468 e. The summed E-state index contributed by atoms with van der Waals surface area (Å²) in [5.41, 5.74) is 0.715. The number of pyridine rings is 1. The number of imidazole rings is 1. The van der Waals surface area contributed by atoms with Crippen LogP contribution in [0.4, 0.5) is 0 Å². The van der Waals surface area contributed by atoms with Crippen LogP contribution in [-0.2, 0) is 19.6 Å². The molecule has 4 aromatic rings. The zero-order valence-corrected chi connectivity index (χ0v) is 19.0. The maximum absolute atomic E-state index is 13.3. The predicted molar refractivity (Wildman–Crippen MR) is 119 cm³/mol. The summed E-state index contributed by atoms with van der Waals surface area (Å²) in [6.45, 7) is 1.84. The zero-order chi connectivity index (χ0) is 22.0. The minimum atomic E-state index is -4.00. The fourth-order valence-electron chi connectivity index (χ4n) is 4.31. The number of halogens is 1. The smallest absolute Gasteiger partial charge is 0.328 e. The molecule has 1 aliphatic carbocycles. The number of sulfonamides is 1. The van der Waals surface area contributed by atoms with Crippen molar-refractivity contribution in [2.24, 2.45) is 5.92 Å². The van der Waals surface area contributed by atoms with Gasteiger partial charge in [0.1, 0.15) is 25.7 Å². The zero-order valence-electron chi connectivity index (χ0n) is 16.6. The minimum absolute atomic E-state index is 0.0866. The topological polar surface area (TPSA) is 89.8 Å². The van der Waals surface area contributed by atoms with Gasteiger partial charge in [-0.3, -0.25) is 4.40 Å². The first-order chi connectivity index (χ1) is 14.8. The molecule has 1 saturated carbocycles. The third-order valence-electron chi connectivity index (χ3n) is 5.87. The monoisotopic (exact) mass is 475 g/mol. The summed E-state index contributed by atoms with van der Waals surface area (Å²) in [4.78, 5) is 17.9. The van der Waals surface area contributed by atoms with E-state index >= 15 is 0 Å². The summed E-state index contributed by atoms with van der Waals surface area (Å²) in [7, 11) is -2.74. The van der Waals surface area contributed by atoms with Crippen LogP contribution in [0.25, 0.3) is 16.0 Å². The Morgan fingerprint density at radius 2 is 2.00 bits per heavy atom. The van der Waals surface area contributed by atoms with Crippen molar-refractivity contribution >= 4 is 54.9 Å². The van der Waals surface area contributed by atoms with Gasteiger partial charge in [0.15, 0.2) is 0 Å². The number of benzene rings is 1. The molecular formula is C21H18ClN3O4S2. The van der Waals surface area contributed by atoms with Gasteiger partial charge in [0, 0.05) is 23.2 Å². The highest BCUT2D eigenvalue weighted by molar-refractivity contribution is 7.91. The molecule has 0 spiro atoms. The molecule has 1 aliphatic rings. The van der Waals surface area contributed by atoms with Crippen LogP contribution in [0.15, 0.2) is 58.9 Å². The average Bonchev–Trinajstić information content (AvgIpc) is 3.04. The Morgan fingerprint density at radius 3 is 2.71 bits per heavy atom. The number of nitrogens with zero attached hydrogens (tertiary/aromatic N) is 2. The number of nitrogens with one attached hydrogen (secondary N) is 1. The fourth-order valence-corrected chi connectivity index (χ4v) is 7.29. The third-order valence-corrected chi connectivity index (χ3v) is 9.19. The normalized spacial score (nSPS) is 23.3. The number of aromatic nitrogens is 2. The first kappa shape index (κ1) is 20.4. The summed E-state index contributed by atoms with van der Waals surface area (Å²) in [6, 6.07) is 14.3. The molecule has 31 heavy (non-hydrogen) atoms. The molecule has 160 valence electrons. The molecular weight excluding hydrogens is 458 g/mol. The van der Waals surface area contributed by atoms with E-state index in [4.69, 9.17) is 16.3 Å². The van der Waals surface area contributed by atoms with Crippen LogP contribution in [0, 0.1) is 5.92 Å². The number of hydrogen-bond acceptors (Lipinski definition) is 6. The van der Waals surface area contributed by atoms with Crippen molar-refractivity contribution in [2.75, 3.05) is 7.11 Å². The Morgan fingerprint density at radius 1 is 1.26 bits per heavy atom. The SMILES string of the molecule is COC(=O)[C@]1(NS(=O)(=O)c2cc3nc4cc(Cl)ccn4c3s2)[C@H](C)[C@@H]1c1ccccc1. The number of carbonyl (C=O) groups is 1. The number of methoxy groups -OCH3 is 1. The molecule has 0 saturated heterocycles. The second-order valence-electron chi connectivity index (χ2n) is 7.58. The van der Waals surface area contributed by atoms with Crippen LogP contribution in [0.5, 0.6) is 0 Å². The molecule has 0 radical (unpaired) electrons. The second-order valence-corrected chi connectivity index (χ2v) is 11.0. The molecule has 0 unspecified atom stereocenters. The lowest BCUT2D eigenvalue weighted by atomic mass is 10.1. The molecule has 1 aromatic carbocycles. The van der Waals surface area contributed by atoms with Gasteiger partial charge in [0.25, 0.3) is 10.0 Å². The first-order valence-corrected chi connectivity index (χ1v) is 12.2. The van der Waals surface area contributed by atoms with E-state index in [9.17, 15) is 13.2 Å². The number of esters is 1. The van der Waals surface area contributed by atoms with Crippen molar-refractivity contribution in [3.05, 3.63) is 65.3 Å². The Kier molecular flexibility index (Phi) is 4.63. The Bertz CT molecular complexity index is 1430. The second kappa shape index (κ2) is 7.03. The van der Waals surface area contributed by atoms with Crippen LogP contribution in [0.3, 0.4) is 0 Å². The van der Waals surface area contributed by atoms with E-state index < -0.39 is 21.5 Å². The van der Waals surface area contributed by atoms with Gasteiger partial charge in [0.2, 0.25) is 0 Å². The largest absolute Gasteiger partial charge is 0.468 e. The van der Waals surface area contributed by atoms with Crippen LogP contribution in [0.1, 0.15) is 18.4 Å². The molecule has 3 aromatic heterocycles. The van der Waals surface area contributed by atoms with Gasteiger partial charge in [-0.05, 0) is 23.6 Å². The Balaban J connectivity index is 1.55. The van der Waals surface area contributed by atoms with Crippen molar-refractivity contribution in [3.8, 4) is 0 Å². The van der Waals surface area contributed by atoms with Gasteiger partial charge in [-0.1, -0.05) is 48.9 Å². The van der Waals surface area contributed by atoms with E-state index in [1.54, 1.807) is 22.7 Å². The van der Waals surface area contributed by atoms with Gasteiger partial charge in [0.05, 0.1) is 7.11 Å². The lowest BCUT2D eigenvalue weighted by Gasteiger charge is -2.17. The van der Waals surface area contributed by atoms with Gasteiger partial charge >= 0.3 is 5.97 Å². The fraction of sp³-hybridized carbons (Fsp3) is 0.238. The standard InChI is InChI=1S/C21H18ClN3O4S2/c1-12-18(13-6-4-3-5-7-13)21(12,20(26)29-2)24-31(27,28)17-11-15-19(30-17)25-9-8-14(22)10-16(25)23-15/h3-12,18,24H,1-2H3/t12-,18-,21+/m1/s1. The number of fused-ring (bicyclic) bond motifs is 3. The molecule has 3 heterocycles. The first-order valence-electron chi connectivity index (χ1n) is 9.52. The number of rotatable bonds is 5. The molecule has 10 heteroatoms. The highest BCUT2D eigenvalue weighted by Crippen LogP contribution is 2.58. The molecule has 5 rings (SSSR count). The molecule has 0 aliphatic heterocycles. The van der Waals surface area contributed by atoms with Crippen molar-refractivity contribution in [1.29, 1.82) is 0 Å². The van der Waals surface area contributed by atoms with Crippen molar-refractivity contribution in [3.63, 3.8) is 0 Å². The molecule has 0 bridgehead atoms. The van der Waals surface area contributed by atoms with Gasteiger partial charge in [-0.15, -0.1) is 11.3 Å². The summed E-state index contributed by atoms with van der Waals surface area (Å²) in [6.07, 6.45) is 1.75. The summed E-state index contributed by atoms with van der Waals surface area (Å²) >= 11 is 7.11. The third kappa shape index (κ3) is 3.07. The van der Waals surface area contributed by atoms with Gasteiger partial charge in [-0.2, -0.15) is 4.72 Å². The van der Waals surface area contributed by atoms with E-state index in [0.717, 1.165) is 16.9 Å². The molecule has 3 atom stereocenters. The van der Waals surface area contributed by atoms with Crippen molar-refractivity contribution in [2.45, 2.75) is 22.6 Å². The summed E-state index contributed by atoms with van der Waals surface area (Å²) in [5, 5.41) is 0.550. The quantitative estimate of drug-likeness (QED) is 0.443. The Labute approximate surface area is 187 Å². The highest BCUT2D eigenvalue weighted by atomic mass is 35.5. The summed E-state index contributed by atoms with van der Waals surface area (Å²) in [5.74, 6) is -1.17. The van der Waals surface area contributed by atoms with Crippen molar-refractivity contribution in [1.82, 2.24) is 14.1 Å². The lowest BCUT2D eigenvalue weighted by Crippen LogP contribution is -2.46. The maximum atomic E-state index is 13.3. The van der Waals surface area contributed by atoms with Crippen LogP contribution in [0.2, 0.25) is 5.02 Å². The van der Waals surface area contributed by atoms with Gasteiger partial charge in [-0.25, -0.2) is 18.2 Å². The van der Waals surface area contributed by atoms with Crippen LogP contribution < -0.4 is 4.72 Å². The number of thiophene rings is 1. The molecule has 0 amide bonds. The average molecular weight is 476 g/mol. The number of hydrogen-bond donors (Lipinski definition) is 1. The van der Waals surface area contributed by atoms with Crippen LogP contribution >= 0.6 is 22.9 Å². The van der Waals surface area contributed by atoms with Gasteiger partial charge < -0.3 is 4.74 Å². The highest BCUT2D eigenvalue weighted by Gasteiger charge is 2.70. The van der Waals surface area contributed by atoms with Crippen LogP contribution in [-0.4, -0.2) is 36.4 Å². The molecule has 1 fully saturated rings. The maximum Gasteiger partial charge on any atom is 0.328 e. The van der Waals surface area contributed by atoms with E-state index in [0.29, 0.717) is 21.0 Å².